The summed E-state index contributed by atoms with van der Waals surface area (Å²) >= 11 is 3.40. The van der Waals surface area contributed by atoms with Crippen LogP contribution in [0.1, 0.15) is 27.4 Å². The molecule has 0 aliphatic heterocycles. The summed E-state index contributed by atoms with van der Waals surface area (Å²) in [7, 11) is 0. The van der Waals surface area contributed by atoms with Gasteiger partial charge in [0.05, 0.1) is 49.5 Å². The molecular formula is C36H23BrN2. The van der Waals surface area contributed by atoms with Crippen molar-refractivity contribution < 1.29 is 27.4 Å². The maximum atomic E-state index is 9.74. The standard InChI is InChI=1S/C36H23BrN2/c37-26-20-25(24-10-2-1-3-11-24)21-28(22-26)39-35-17-9-6-14-31(35)32-23-27(18-19-36(32)39)38-33-15-7-4-12-29(33)30-13-5-8-16-34(30)38/h1-23H/i1D,2D,3D,4D,5D,6D,7D,8D,9D,10D,11D,12D,13D,14D,15D,16D,17D,18D,19D,23D. The van der Waals surface area contributed by atoms with Crippen LogP contribution in [0.2, 0.25) is 0 Å². The zero-order valence-corrected chi connectivity index (χ0v) is 21.1. The van der Waals surface area contributed by atoms with Crippen molar-refractivity contribution in [2.75, 3.05) is 0 Å². The third-order valence-electron chi connectivity index (χ3n) is 6.33. The third-order valence-corrected chi connectivity index (χ3v) is 6.79. The van der Waals surface area contributed by atoms with Crippen molar-refractivity contribution in [2.24, 2.45) is 0 Å². The van der Waals surface area contributed by atoms with Gasteiger partial charge in [0, 0.05) is 37.4 Å². The Kier molecular flexibility index (Phi) is 2.28. The van der Waals surface area contributed by atoms with Crippen molar-refractivity contribution in [1.82, 2.24) is 9.13 Å². The van der Waals surface area contributed by atoms with Crippen LogP contribution in [0.4, 0.5) is 0 Å². The van der Waals surface area contributed by atoms with Crippen molar-refractivity contribution in [3.05, 3.63) is 144 Å². The van der Waals surface area contributed by atoms with Gasteiger partial charge in [-0.2, -0.15) is 0 Å². The first-order valence-electron chi connectivity index (χ1n) is 21.5. The molecule has 0 aliphatic rings. The number of hydrogen-bond donors (Lipinski definition) is 0. The number of aromatic nitrogens is 2. The average Bonchev–Trinajstić information content (AvgIpc) is 3.75. The Hall–Kier alpha value is -4.60. The van der Waals surface area contributed by atoms with Crippen LogP contribution < -0.4 is 0 Å². The Morgan fingerprint density at radius 2 is 0.949 bits per heavy atom. The van der Waals surface area contributed by atoms with Gasteiger partial charge in [-0.3, -0.25) is 0 Å². The summed E-state index contributed by atoms with van der Waals surface area (Å²) in [6.45, 7) is 0. The average molecular weight is 584 g/mol. The molecule has 0 fully saturated rings. The number of fused-ring (bicyclic) bond motifs is 6. The van der Waals surface area contributed by atoms with Crippen LogP contribution in [0.15, 0.2) is 144 Å². The van der Waals surface area contributed by atoms with Gasteiger partial charge < -0.3 is 9.13 Å². The predicted octanol–water partition coefficient (Wildman–Crippen LogP) is 10.3. The summed E-state index contributed by atoms with van der Waals surface area (Å²) in [6, 6.07) is -9.36. The van der Waals surface area contributed by atoms with Gasteiger partial charge in [-0.05, 0) is 65.6 Å². The number of para-hydroxylation sites is 3. The molecule has 0 saturated carbocycles. The van der Waals surface area contributed by atoms with E-state index in [1.807, 2.05) is 0 Å². The van der Waals surface area contributed by atoms with Crippen molar-refractivity contribution in [3.63, 3.8) is 0 Å². The quantitative estimate of drug-likeness (QED) is 0.196. The van der Waals surface area contributed by atoms with Crippen molar-refractivity contribution in [1.29, 1.82) is 0 Å². The summed E-state index contributed by atoms with van der Waals surface area (Å²) in [5.41, 5.74) is -2.15. The maximum Gasteiger partial charge on any atom is 0.0652 e. The highest BCUT2D eigenvalue weighted by atomic mass is 79.9. The summed E-state index contributed by atoms with van der Waals surface area (Å²) in [4.78, 5) is 0. The Bertz CT molecular complexity index is 3190. The molecule has 3 heteroatoms. The molecule has 0 saturated heterocycles. The predicted molar refractivity (Wildman–Crippen MR) is 168 cm³/mol. The fourth-order valence-electron chi connectivity index (χ4n) is 4.76. The second kappa shape index (κ2) is 8.72. The highest BCUT2D eigenvalue weighted by Gasteiger charge is 2.16. The van der Waals surface area contributed by atoms with E-state index in [0.717, 1.165) is 4.57 Å². The molecule has 184 valence electrons. The second-order valence-corrected chi connectivity index (χ2v) is 9.40. The maximum absolute atomic E-state index is 9.74. The van der Waals surface area contributed by atoms with Gasteiger partial charge in [0.25, 0.3) is 0 Å². The minimum Gasteiger partial charge on any atom is -0.309 e. The molecule has 2 nitrogen and oxygen atoms in total. The van der Waals surface area contributed by atoms with Crippen LogP contribution in [0.5, 0.6) is 0 Å². The molecule has 0 unspecified atom stereocenters. The molecule has 0 amide bonds. The van der Waals surface area contributed by atoms with Crippen LogP contribution >= 0.6 is 15.9 Å². The molecule has 8 rings (SSSR count). The van der Waals surface area contributed by atoms with Gasteiger partial charge in [0.15, 0.2) is 0 Å². The van der Waals surface area contributed by atoms with Gasteiger partial charge in [0.1, 0.15) is 0 Å². The number of benzene rings is 6. The van der Waals surface area contributed by atoms with E-state index in [2.05, 4.69) is 15.9 Å². The summed E-state index contributed by atoms with van der Waals surface area (Å²) < 4.78 is 177. The molecule has 0 bridgehead atoms. The van der Waals surface area contributed by atoms with E-state index in [1.165, 1.54) is 22.8 Å². The van der Waals surface area contributed by atoms with Crippen LogP contribution in [-0.2, 0) is 0 Å². The van der Waals surface area contributed by atoms with Crippen molar-refractivity contribution in [3.8, 4) is 22.5 Å². The van der Waals surface area contributed by atoms with Crippen LogP contribution in [0, 0.1) is 0 Å². The summed E-state index contributed by atoms with van der Waals surface area (Å²) in [5, 5.41) is -1.33. The van der Waals surface area contributed by atoms with E-state index in [-0.39, 0.29) is 53.9 Å². The Balaban J connectivity index is 1.63. The molecule has 0 spiro atoms. The Labute approximate surface area is 262 Å². The summed E-state index contributed by atoms with van der Waals surface area (Å²) in [5.74, 6) is 0. The topological polar surface area (TPSA) is 9.86 Å². The van der Waals surface area contributed by atoms with E-state index >= 15 is 0 Å². The highest BCUT2D eigenvalue weighted by Crippen LogP contribution is 2.38. The molecular weight excluding hydrogens is 540 g/mol. The number of rotatable bonds is 3. The number of nitrogens with zero attached hydrogens (tertiary/aromatic N) is 2. The lowest BCUT2D eigenvalue weighted by atomic mass is 10.1. The van der Waals surface area contributed by atoms with E-state index in [9.17, 15) is 4.11 Å². The van der Waals surface area contributed by atoms with Gasteiger partial charge in [-0.25, -0.2) is 0 Å². The Morgan fingerprint density at radius 3 is 1.59 bits per heavy atom. The lowest BCUT2D eigenvalue weighted by Gasteiger charge is -2.12. The number of hydrogen-bond acceptors (Lipinski definition) is 0. The van der Waals surface area contributed by atoms with Crippen molar-refractivity contribution in [2.45, 2.75) is 0 Å². The normalized spacial score (nSPS) is 18.9. The van der Waals surface area contributed by atoms with Crippen molar-refractivity contribution >= 4 is 59.5 Å². The Morgan fingerprint density at radius 1 is 0.436 bits per heavy atom. The molecule has 2 aromatic heterocycles. The largest absolute Gasteiger partial charge is 0.309 e. The van der Waals surface area contributed by atoms with Gasteiger partial charge in [0.2, 0.25) is 0 Å². The fourth-order valence-corrected chi connectivity index (χ4v) is 5.24. The molecule has 2 heterocycles. The van der Waals surface area contributed by atoms with E-state index in [4.69, 9.17) is 23.3 Å². The second-order valence-electron chi connectivity index (χ2n) is 8.49. The highest BCUT2D eigenvalue weighted by molar-refractivity contribution is 9.10. The zero-order valence-electron chi connectivity index (χ0n) is 39.5. The molecule has 6 aromatic carbocycles. The molecule has 0 atom stereocenters. The van der Waals surface area contributed by atoms with Crippen LogP contribution in [0.25, 0.3) is 66.1 Å². The third kappa shape index (κ3) is 3.47. The molecule has 0 radical (unpaired) electrons. The fraction of sp³-hybridized carbons (Fsp3) is 0. The van der Waals surface area contributed by atoms with Gasteiger partial charge in [-0.15, -0.1) is 0 Å². The zero-order chi connectivity index (χ0) is 43.3. The van der Waals surface area contributed by atoms with E-state index < -0.39 is 138 Å². The lowest BCUT2D eigenvalue weighted by molar-refractivity contribution is 1.16. The lowest BCUT2D eigenvalue weighted by Crippen LogP contribution is -1.96. The van der Waals surface area contributed by atoms with Crippen LogP contribution in [-0.4, -0.2) is 9.13 Å². The van der Waals surface area contributed by atoms with Crippen LogP contribution in [0.3, 0.4) is 0 Å². The first-order valence-corrected chi connectivity index (χ1v) is 12.3. The summed E-state index contributed by atoms with van der Waals surface area (Å²) in [6.07, 6.45) is 0. The van der Waals surface area contributed by atoms with E-state index in [0.29, 0.717) is 0 Å². The minimum absolute atomic E-state index is 0.0198. The first-order chi connectivity index (χ1) is 27.6. The van der Waals surface area contributed by atoms with Gasteiger partial charge >= 0.3 is 0 Å². The SMILES string of the molecule is [2H]c1c([2H])c([2H])c(-c2cc(Br)cc(-n3c4c([2H])c([2H])c([2H])c([2H])c4c4c([2H])c(-n5c6c([2H])c([2H])c([2H])c([2H])c6c6c([2H])c([2H])c([2H])c([2H])c65)c([2H])c([2H])c43)c2)c([2H])c1[2H]. The molecule has 0 aliphatic carbocycles. The molecule has 39 heavy (non-hydrogen) atoms. The molecule has 0 N–H and O–H groups in total. The molecule has 8 aromatic rings. The smallest absolute Gasteiger partial charge is 0.0652 e. The first kappa shape index (κ1) is 10.2. The van der Waals surface area contributed by atoms with Gasteiger partial charge in [-0.1, -0.05) is 101 Å². The minimum atomic E-state index is -0.790. The van der Waals surface area contributed by atoms with E-state index in [1.54, 1.807) is 0 Å². The number of halogens is 1. The monoisotopic (exact) mass is 582 g/mol.